The number of ether oxygens (including phenoxy) is 1. The Labute approximate surface area is 151 Å². The van der Waals surface area contributed by atoms with Crippen LogP contribution >= 0.6 is 0 Å². The summed E-state index contributed by atoms with van der Waals surface area (Å²) in [5.41, 5.74) is 1.67. The van der Waals surface area contributed by atoms with Crippen LogP contribution in [0.1, 0.15) is 30.0 Å². The van der Waals surface area contributed by atoms with E-state index in [0.29, 0.717) is 17.0 Å². The van der Waals surface area contributed by atoms with Crippen molar-refractivity contribution in [3.63, 3.8) is 0 Å². The predicted octanol–water partition coefficient (Wildman–Crippen LogP) is 4.65. The Hall–Kier alpha value is -3.34. The van der Waals surface area contributed by atoms with E-state index in [1.165, 1.54) is 6.08 Å². The second-order valence-corrected chi connectivity index (χ2v) is 6.04. The van der Waals surface area contributed by atoms with Crippen LogP contribution in [0.4, 0.5) is 5.69 Å². The number of amides is 1. The van der Waals surface area contributed by atoms with Crippen LogP contribution in [0.25, 0.3) is 17.0 Å². The van der Waals surface area contributed by atoms with E-state index >= 15 is 0 Å². The highest BCUT2D eigenvalue weighted by molar-refractivity contribution is 6.02. The lowest BCUT2D eigenvalue weighted by atomic mass is 10.2. The Morgan fingerprint density at radius 1 is 1.08 bits per heavy atom. The summed E-state index contributed by atoms with van der Waals surface area (Å²) in [6.07, 6.45) is 2.79. The van der Waals surface area contributed by atoms with Crippen molar-refractivity contribution in [2.75, 3.05) is 5.32 Å². The van der Waals surface area contributed by atoms with Gasteiger partial charge in [0.2, 0.25) is 5.91 Å². The molecule has 0 atom stereocenters. The minimum absolute atomic E-state index is 0.201. The third-order valence-corrected chi connectivity index (χ3v) is 3.55. The second-order valence-electron chi connectivity index (χ2n) is 6.04. The Kier molecular flexibility index (Phi) is 5.17. The SMILES string of the molecule is CC(C)OC(=O)c1cccc(NC(=O)C=Cc2cc3ccccc3o2)c1. The molecule has 0 unspecified atom stereocenters. The van der Waals surface area contributed by atoms with Crippen molar-refractivity contribution in [1.29, 1.82) is 0 Å². The zero-order chi connectivity index (χ0) is 18.5. The highest BCUT2D eigenvalue weighted by atomic mass is 16.5. The van der Waals surface area contributed by atoms with Gasteiger partial charge < -0.3 is 14.5 Å². The molecule has 0 spiro atoms. The first-order chi connectivity index (χ1) is 12.5. The molecule has 0 aliphatic heterocycles. The van der Waals surface area contributed by atoms with Crippen LogP contribution in [-0.2, 0) is 9.53 Å². The molecule has 1 N–H and O–H groups in total. The van der Waals surface area contributed by atoms with Crippen LogP contribution in [0.3, 0.4) is 0 Å². The molecule has 5 heteroatoms. The maximum atomic E-state index is 12.1. The van der Waals surface area contributed by atoms with Gasteiger partial charge in [0.15, 0.2) is 0 Å². The van der Waals surface area contributed by atoms with E-state index < -0.39 is 5.97 Å². The number of hydrogen-bond donors (Lipinski definition) is 1. The first-order valence-electron chi connectivity index (χ1n) is 8.30. The van der Waals surface area contributed by atoms with Crippen molar-refractivity contribution in [1.82, 2.24) is 0 Å². The molecule has 0 fully saturated rings. The van der Waals surface area contributed by atoms with Gasteiger partial charge in [-0.1, -0.05) is 24.3 Å². The molecule has 1 heterocycles. The van der Waals surface area contributed by atoms with Crippen LogP contribution in [0.15, 0.2) is 65.1 Å². The highest BCUT2D eigenvalue weighted by Crippen LogP contribution is 2.19. The van der Waals surface area contributed by atoms with Crippen LogP contribution in [0, 0.1) is 0 Å². The lowest BCUT2D eigenvalue weighted by Gasteiger charge is -2.09. The number of anilines is 1. The van der Waals surface area contributed by atoms with Gasteiger partial charge in [0, 0.05) is 17.1 Å². The molecule has 3 aromatic rings. The maximum absolute atomic E-state index is 12.1. The number of fused-ring (bicyclic) bond motifs is 1. The van der Waals surface area contributed by atoms with E-state index in [2.05, 4.69) is 5.32 Å². The maximum Gasteiger partial charge on any atom is 0.338 e. The lowest BCUT2D eigenvalue weighted by Crippen LogP contribution is -2.13. The number of nitrogens with one attached hydrogen (secondary N) is 1. The molecule has 0 radical (unpaired) electrons. The summed E-state index contributed by atoms with van der Waals surface area (Å²) < 4.78 is 10.8. The van der Waals surface area contributed by atoms with Gasteiger partial charge in [0.25, 0.3) is 0 Å². The summed E-state index contributed by atoms with van der Waals surface area (Å²) in [6.45, 7) is 3.57. The number of benzene rings is 2. The minimum Gasteiger partial charge on any atom is -0.459 e. The van der Waals surface area contributed by atoms with Crippen LogP contribution in [-0.4, -0.2) is 18.0 Å². The van der Waals surface area contributed by atoms with Gasteiger partial charge in [-0.2, -0.15) is 0 Å². The zero-order valence-corrected chi connectivity index (χ0v) is 14.6. The van der Waals surface area contributed by atoms with Gasteiger partial charge in [-0.05, 0) is 50.3 Å². The number of rotatable bonds is 5. The van der Waals surface area contributed by atoms with E-state index in [1.54, 1.807) is 44.2 Å². The summed E-state index contributed by atoms with van der Waals surface area (Å²) in [5, 5.41) is 3.70. The zero-order valence-electron chi connectivity index (χ0n) is 14.6. The minimum atomic E-state index is -0.422. The molecule has 132 valence electrons. The quantitative estimate of drug-likeness (QED) is 0.538. The average molecular weight is 349 g/mol. The van der Waals surface area contributed by atoms with Crippen LogP contribution in [0.2, 0.25) is 0 Å². The van der Waals surface area contributed by atoms with Gasteiger partial charge >= 0.3 is 5.97 Å². The Bertz CT molecular complexity index is 936. The molecule has 3 rings (SSSR count). The lowest BCUT2D eigenvalue weighted by molar-refractivity contribution is -0.111. The van der Waals surface area contributed by atoms with Crippen molar-refractivity contribution in [3.8, 4) is 0 Å². The molecule has 1 amide bonds. The largest absolute Gasteiger partial charge is 0.459 e. The van der Waals surface area contributed by atoms with Gasteiger partial charge in [-0.25, -0.2) is 4.79 Å². The van der Waals surface area contributed by atoms with Gasteiger partial charge in [-0.15, -0.1) is 0 Å². The monoisotopic (exact) mass is 349 g/mol. The Morgan fingerprint density at radius 3 is 2.65 bits per heavy atom. The topological polar surface area (TPSA) is 68.5 Å². The summed E-state index contributed by atoms with van der Waals surface area (Å²) in [7, 11) is 0. The van der Waals surface area contributed by atoms with Crippen molar-refractivity contribution >= 4 is 34.6 Å². The number of carbonyl (C=O) groups is 2. The Balaban J connectivity index is 1.67. The van der Waals surface area contributed by atoms with Crippen molar-refractivity contribution in [3.05, 3.63) is 72.0 Å². The fraction of sp³-hybridized carbons (Fsp3) is 0.143. The first-order valence-corrected chi connectivity index (χ1v) is 8.30. The fourth-order valence-corrected chi connectivity index (χ4v) is 2.43. The van der Waals surface area contributed by atoms with Crippen molar-refractivity contribution < 1.29 is 18.7 Å². The molecule has 0 bridgehead atoms. The number of esters is 1. The Morgan fingerprint density at radius 2 is 1.88 bits per heavy atom. The average Bonchev–Trinajstić information content (AvgIpc) is 3.02. The number of hydrogen-bond acceptors (Lipinski definition) is 4. The van der Waals surface area contributed by atoms with Crippen molar-refractivity contribution in [2.45, 2.75) is 20.0 Å². The van der Waals surface area contributed by atoms with E-state index in [9.17, 15) is 9.59 Å². The van der Waals surface area contributed by atoms with E-state index in [-0.39, 0.29) is 12.0 Å². The third kappa shape index (κ3) is 4.39. The summed E-state index contributed by atoms with van der Waals surface area (Å²) in [4.78, 5) is 24.0. The molecule has 0 aliphatic carbocycles. The number of carbonyl (C=O) groups excluding carboxylic acids is 2. The normalized spacial score (nSPS) is 11.2. The molecule has 0 saturated carbocycles. The summed E-state index contributed by atoms with van der Waals surface area (Å²) >= 11 is 0. The van der Waals surface area contributed by atoms with E-state index in [1.807, 2.05) is 30.3 Å². The smallest absolute Gasteiger partial charge is 0.338 e. The molecule has 0 saturated heterocycles. The molecule has 1 aromatic heterocycles. The molecule has 2 aromatic carbocycles. The van der Waals surface area contributed by atoms with E-state index in [0.717, 1.165) is 11.0 Å². The van der Waals surface area contributed by atoms with Crippen LogP contribution < -0.4 is 5.32 Å². The van der Waals surface area contributed by atoms with Crippen LogP contribution in [0.5, 0.6) is 0 Å². The fourth-order valence-electron chi connectivity index (χ4n) is 2.43. The molecule has 26 heavy (non-hydrogen) atoms. The number of furan rings is 1. The number of para-hydroxylation sites is 1. The van der Waals surface area contributed by atoms with Crippen molar-refractivity contribution in [2.24, 2.45) is 0 Å². The molecule has 5 nitrogen and oxygen atoms in total. The second kappa shape index (κ2) is 7.70. The summed E-state index contributed by atoms with van der Waals surface area (Å²) in [5.74, 6) is -0.149. The molecule has 0 aliphatic rings. The standard InChI is InChI=1S/C21H19NO4/c1-14(2)25-21(24)16-7-5-8-17(12-16)22-20(23)11-10-18-13-15-6-3-4-9-19(15)26-18/h3-14H,1-2H3,(H,22,23). The molecular formula is C21H19NO4. The highest BCUT2D eigenvalue weighted by Gasteiger charge is 2.10. The van der Waals surface area contributed by atoms with Gasteiger partial charge in [0.1, 0.15) is 11.3 Å². The van der Waals surface area contributed by atoms with E-state index in [4.69, 9.17) is 9.15 Å². The van der Waals surface area contributed by atoms with Gasteiger partial charge in [0.05, 0.1) is 11.7 Å². The first kappa shape index (κ1) is 17.5. The van der Waals surface area contributed by atoms with Gasteiger partial charge in [-0.3, -0.25) is 4.79 Å². The third-order valence-electron chi connectivity index (χ3n) is 3.55. The predicted molar refractivity (Wildman–Crippen MR) is 101 cm³/mol. The summed E-state index contributed by atoms with van der Waals surface area (Å²) in [6, 6.07) is 16.1. The molecular weight excluding hydrogens is 330 g/mol.